The van der Waals surface area contributed by atoms with Crippen molar-refractivity contribution in [2.45, 2.75) is 20.4 Å². The van der Waals surface area contributed by atoms with Crippen molar-refractivity contribution in [1.82, 2.24) is 25.0 Å². The lowest BCUT2D eigenvalue weighted by Crippen LogP contribution is -2.44. The van der Waals surface area contributed by atoms with E-state index in [1.54, 1.807) is 29.2 Å². The van der Waals surface area contributed by atoms with Crippen LogP contribution in [0.1, 0.15) is 14.4 Å². The summed E-state index contributed by atoms with van der Waals surface area (Å²) >= 11 is 0. The molecule has 1 aromatic carbocycles. The number of aromatic amines is 1. The normalized spacial score (nSPS) is 16.8. The molecule has 0 radical (unpaired) electrons. The van der Waals surface area contributed by atoms with Crippen LogP contribution in [0.5, 0.6) is 0 Å². The fraction of sp³-hybridized carbons (Fsp3) is 0.286. The lowest BCUT2D eigenvalue weighted by molar-refractivity contribution is 0.0985. The number of pyridine rings is 1. The van der Waals surface area contributed by atoms with E-state index in [1.165, 1.54) is 6.07 Å². The maximum atomic E-state index is 14.6. The zero-order valence-corrected chi connectivity index (χ0v) is 15.3. The molecule has 5 rings (SSSR count). The quantitative estimate of drug-likeness (QED) is 0.572. The molecule has 8 heteroatoms. The predicted molar refractivity (Wildman–Crippen MR) is 111 cm³/mol. The number of halogens is 1. The molecule has 1 N–H and O–H groups in total. The maximum Gasteiger partial charge on any atom is 0.167 e. The summed E-state index contributed by atoms with van der Waals surface area (Å²) in [5.41, 5.74) is 1.95. The van der Waals surface area contributed by atoms with E-state index in [0.717, 1.165) is 23.3 Å². The number of hydrogen-bond donors (Lipinski definition) is 1. The Labute approximate surface area is 168 Å². The molecule has 1 saturated heterocycles. The standard InChI is InChI=1S/C20H19FN6O.CH4/c1-13-12-28-9-8-26(13)19-10-15(14-4-2-3-5-17(14)21)16-11-23-27(20(16)24-19)18-6-7-22-25-18;/h2-7,10-11,13H,8-9,12H2,1H3,(H,22,25);1H4. The van der Waals surface area contributed by atoms with Crippen molar-refractivity contribution in [3.63, 3.8) is 0 Å². The molecule has 29 heavy (non-hydrogen) atoms. The van der Waals surface area contributed by atoms with E-state index >= 15 is 0 Å². The topological polar surface area (TPSA) is 71.9 Å². The van der Waals surface area contributed by atoms with Crippen LogP contribution < -0.4 is 4.90 Å². The van der Waals surface area contributed by atoms with Gasteiger partial charge >= 0.3 is 0 Å². The van der Waals surface area contributed by atoms with Crippen LogP contribution in [0, 0.1) is 5.82 Å². The zero-order chi connectivity index (χ0) is 19.1. The molecule has 0 spiro atoms. The van der Waals surface area contributed by atoms with Gasteiger partial charge in [0.05, 0.1) is 31.6 Å². The summed E-state index contributed by atoms with van der Waals surface area (Å²) in [5.74, 6) is 1.21. The molecule has 1 atom stereocenters. The van der Waals surface area contributed by atoms with Gasteiger partial charge in [0.2, 0.25) is 0 Å². The second-order valence-corrected chi connectivity index (χ2v) is 6.86. The predicted octanol–water partition coefficient (Wildman–Crippen LogP) is 3.81. The maximum absolute atomic E-state index is 14.6. The van der Waals surface area contributed by atoms with Crippen molar-refractivity contribution in [1.29, 1.82) is 0 Å². The van der Waals surface area contributed by atoms with Gasteiger partial charge in [-0.2, -0.15) is 14.9 Å². The third kappa shape index (κ3) is 3.25. The Morgan fingerprint density at radius 3 is 2.83 bits per heavy atom. The lowest BCUT2D eigenvalue weighted by atomic mass is 10.0. The fourth-order valence-electron chi connectivity index (χ4n) is 3.65. The molecular formula is C21H23FN6O. The summed E-state index contributed by atoms with van der Waals surface area (Å²) in [5, 5.41) is 12.2. The number of aromatic nitrogens is 5. The second-order valence-electron chi connectivity index (χ2n) is 6.86. The fourth-order valence-corrected chi connectivity index (χ4v) is 3.65. The first-order valence-electron chi connectivity index (χ1n) is 9.20. The zero-order valence-electron chi connectivity index (χ0n) is 15.3. The summed E-state index contributed by atoms with van der Waals surface area (Å²) < 4.78 is 21.9. The Bertz CT molecular complexity index is 1120. The van der Waals surface area contributed by atoms with E-state index in [-0.39, 0.29) is 19.3 Å². The molecule has 0 amide bonds. The van der Waals surface area contributed by atoms with Crippen molar-refractivity contribution < 1.29 is 9.13 Å². The van der Waals surface area contributed by atoms with E-state index in [0.29, 0.717) is 30.2 Å². The molecule has 0 aliphatic carbocycles. The molecular weight excluding hydrogens is 371 g/mol. The first kappa shape index (κ1) is 19.1. The lowest BCUT2D eigenvalue weighted by Gasteiger charge is -2.34. The number of ether oxygens (including phenoxy) is 1. The average Bonchev–Trinajstić information content (AvgIpc) is 3.37. The van der Waals surface area contributed by atoms with Crippen LogP contribution in [0.4, 0.5) is 10.2 Å². The Morgan fingerprint density at radius 2 is 2.07 bits per heavy atom. The van der Waals surface area contributed by atoms with E-state index in [4.69, 9.17) is 9.72 Å². The molecule has 1 fully saturated rings. The average molecular weight is 394 g/mol. The summed E-state index contributed by atoms with van der Waals surface area (Å²) in [7, 11) is 0. The summed E-state index contributed by atoms with van der Waals surface area (Å²) in [6.45, 7) is 4.10. The van der Waals surface area contributed by atoms with Gasteiger partial charge in [0.15, 0.2) is 11.5 Å². The van der Waals surface area contributed by atoms with Gasteiger partial charge in [0.25, 0.3) is 0 Å². The number of anilines is 1. The first-order chi connectivity index (χ1) is 13.7. The number of benzene rings is 1. The molecule has 1 aliphatic heterocycles. The molecule has 3 aromatic heterocycles. The smallest absolute Gasteiger partial charge is 0.167 e. The number of fused-ring (bicyclic) bond motifs is 1. The molecule has 150 valence electrons. The molecule has 7 nitrogen and oxygen atoms in total. The highest BCUT2D eigenvalue weighted by molar-refractivity contribution is 5.95. The van der Waals surface area contributed by atoms with Gasteiger partial charge in [-0.25, -0.2) is 9.37 Å². The van der Waals surface area contributed by atoms with Crippen LogP contribution >= 0.6 is 0 Å². The molecule has 4 heterocycles. The van der Waals surface area contributed by atoms with E-state index in [9.17, 15) is 4.39 Å². The van der Waals surface area contributed by atoms with E-state index in [1.807, 2.05) is 18.2 Å². The number of nitrogens with zero attached hydrogens (tertiary/aromatic N) is 5. The van der Waals surface area contributed by atoms with Crippen LogP contribution in [0.15, 0.2) is 48.8 Å². The van der Waals surface area contributed by atoms with Gasteiger partial charge in [0, 0.05) is 29.1 Å². The van der Waals surface area contributed by atoms with Crippen LogP contribution in [0.3, 0.4) is 0 Å². The minimum Gasteiger partial charge on any atom is -0.377 e. The van der Waals surface area contributed by atoms with E-state index < -0.39 is 0 Å². The molecule has 1 unspecified atom stereocenters. The summed E-state index contributed by atoms with van der Waals surface area (Å²) in [4.78, 5) is 7.07. The van der Waals surface area contributed by atoms with Gasteiger partial charge in [-0.1, -0.05) is 25.6 Å². The number of rotatable bonds is 3. The van der Waals surface area contributed by atoms with Crippen molar-refractivity contribution in [2.24, 2.45) is 0 Å². The third-order valence-corrected chi connectivity index (χ3v) is 5.07. The number of H-pyrrole nitrogens is 1. The van der Waals surface area contributed by atoms with Gasteiger partial charge in [0.1, 0.15) is 11.6 Å². The summed E-state index contributed by atoms with van der Waals surface area (Å²) in [6.07, 6.45) is 3.38. The monoisotopic (exact) mass is 394 g/mol. The Balaban J connectivity index is 0.00000205. The molecule has 1 aliphatic rings. The Hall–Kier alpha value is -3.26. The number of hydrogen-bond acceptors (Lipinski definition) is 5. The minimum absolute atomic E-state index is 0. The van der Waals surface area contributed by atoms with Crippen LogP contribution in [0.2, 0.25) is 0 Å². The highest BCUT2D eigenvalue weighted by Crippen LogP contribution is 2.34. The van der Waals surface area contributed by atoms with Crippen molar-refractivity contribution in [3.8, 4) is 16.9 Å². The molecule has 0 bridgehead atoms. The highest BCUT2D eigenvalue weighted by Gasteiger charge is 2.24. The Morgan fingerprint density at radius 1 is 1.21 bits per heavy atom. The SMILES string of the molecule is C.CC1COCCN1c1cc(-c2ccccc2F)c2cnn(-c3ccn[nH]3)c2n1. The largest absolute Gasteiger partial charge is 0.377 e. The van der Waals surface area contributed by atoms with Gasteiger partial charge in [-0.05, 0) is 19.1 Å². The number of nitrogens with one attached hydrogen (secondary N) is 1. The van der Waals surface area contributed by atoms with Gasteiger partial charge in [-0.3, -0.25) is 5.10 Å². The molecule has 4 aromatic rings. The number of morpholine rings is 1. The summed E-state index contributed by atoms with van der Waals surface area (Å²) in [6, 6.07) is 10.7. The third-order valence-electron chi connectivity index (χ3n) is 5.07. The van der Waals surface area contributed by atoms with Crippen molar-refractivity contribution >= 4 is 16.9 Å². The van der Waals surface area contributed by atoms with Gasteiger partial charge in [-0.15, -0.1) is 0 Å². The molecule has 0 saturated carbocycles. The Kier molecular flexibility index (Phi) is 5.02. The minimum atomic E-state index is -0.273. The van der Waals surface area contributed by atoms with Crippen LogP contribution in [0.25, 0.3) is 28.0 Å². The highest BCUT2D eigenvalue weighted by atomic mass is 19.1. The van der Waals surface area contributed by atoms with Crippen molar-refractivity contribution in [2.75, 3.05) is 24.7 Å². The first-order valence-corrected chi connectivity index (χ1v) is 9.20. The second kappa shape index (κ2) is 7.63. The van der Waals surface area contributed by atoms with Crippen molar-refractivity contribution in [3.05, 3.63) is 54.6 Å². The van der Waals surface area contributed by atoms with Crippen LogP contribution in [-0.2, 0) is 4.74 Å². The van der Waals surface area contributed by atoms with Crippen LogP contribution in [-0.4, -0.2) is 50.8 Å². The van der Waals surface area contributed by atoms with E-state index in [2.05, 4.69) is 27.1 Å². The van der Waals surface area contributed by atoms with Gasteiger partial charge < -0.3 is 9.64 Å².